The lowest BCUT2D eigenvalue weighted by molar-refractivity contribution is 0.0600. The molecule has 0 fully saturated rings. The zero-order valence-electron chi connectivity index (χ0n) is 13.9. The summed E-state index contributed by atoms with van der Waals surface area (Å²) in [6.45, 7) is 0.196. The molecule has 26 heavy (non-hydrogen) atoms. The number of sulfonamides is 1. The third-order valence-corrected chi connectivity index (χ3v) is 5.34. The molecule has 0 aliphatic carbocycles. The second-order valence-corrected chi connectivity index (χ2v) is 7.39. The van der Waals surface area contributed by atoms with Crippen LogP contribution in [0.1, 0.15) is 15.9 Å². The molecule has 2 aromatic carbocycles. The van der Waals surface area contributed by atoms with Gasteiger partial charge in [0.1, 0.15) is 0 Å². The van der Waals surface area contributed by atoms with Gasteiger partial charge in [0.2, 0.25) is 10.0 Å². The van der Waals surface area contributed by atoms with E-state index in [1.807, 2.05) is 0 Å². The van der Waals surface area contributed by atoms with Crippen LogP contribution in [0.4, 0.5) is 0 Å². The van der Waals surface area contributed by atoms with Gasteiger partial charge in [0.05, 0.1) is 28.6 Å². The Labute approximate surface area is 149 Å². The number of nitrogens with one attached hydrogen (secondary N) is 3. The summed E-state index contributed by atoms with van der Waals surface area (Å²) in [6, 6.07) is 11.1. The Morgan fingerprint density at radius 3 is 2.46 bits per heavy atom. The maximum atomic E-state index is 12.4. The summed E-state index contributed by atoms with van der Waals surface area (Å²) in [5.41, 5.74) is 1.89. The van der Waals surface area contributed by atoms with Crippen molar-refractivity contribution in [3.8, 4) is 0 Å². The summed E-state index contributed by atoms with van der Waals surface area (Å²) in [4.78, 5) is 27.8. The van der Waals surface area contributed by atoms with E-state index in [4.69, 9.17) is 0 Å². The van der Waals surface area contributed by atoms with Gasteiger partial charge in [-0.2, -0.15) is 0 Å². The van der Waals surface area contributed by atoms with E-state index in [1.165, 1.54) is 25.3 Å². The second kappa shape index (κ2) is 7.14. The molecule has 0 unspecified atom stereocenters. The molecule has 0 bridgehead atoms. The predicted molar refractivity (Wildman–Crippen MR) is 95.6 cm³/mol. The monoisotopic (exact) mass is 375 g/mol. The summed E-state index contributed by atoms with van der Waals surface area (Å²) < 4.78 is 31.9. The van der Waals surface area contributed by atoms with E-state index in [-0.39, 0.29) is 11.4 Å². The third kappa shape index (κ3) is 3.84. The number of carbonyl (C=O) groups excluding carboxylic acids is 1. The number of aromatic nitrogens is 2. The van der Waals surface area contributed by atoms with Crippen LogP contribution in [-0.2, 0) is 21.2 Å². The van der Waals surface area contributed by atoms with Gasteiger partial charge in [0, 0.05) is 6.54 Å². The Bertz CT molecular complexity index is 1100. The van der Waals surface area contributed by atoms with Crippen LogP contribution >= 0.6 is 0 Å². The van der Waals surface area contributed by atoms with Crippen molar-refractivity contribution < 1.29 is 17.9 Å². The Morgan fingerprint density at radius 1 is 1.08 bits per heavy atom. The molecule has 0 aliphatic heterocycles. The first-order valence-electron chi connectivity index (χ1n) is 7.78. The number of rotatable bonds is 6. The molecule has 0 saturated heterocycles. The Kier molecular flexibility index (Phi) is 4.92. The molecule has 3 rings (SSSR count). The quantitative estimate of drug-likeness (QED) is 0.558. The minimum absolute atomic E-state index is 0.0706. The van der Waals surface area contributed by atoms with Crippen molar-refractivity contribution in [2.75, 3.05) is 13.7 Å². The van der Waals surface area contributed by atoms with Crippen LogP contribution in [-0.4, -0.2) is 38.0 Å². The number of fused-ring (bicyclic) bond motifs is 1. The van der Waals surface area contributed by atoms with Gasteiger partial charge in [0.15, 0.2) is 0 Å². The fourth-order valence-corrected chi connectivity index (χ4v) is 3.57. The van der Waals surface area contributed by atoms with Gasteiger partial charge in [-0.1, -0.05) is 12.1 Å². The van der Waals surface area contributed by atoms with Gasteiger partial charge in [-0.25, -0.2) is 22.7 Å². The highest BCUT2D eigenvalue weighted by Crippen LogP contribution is 2.15. The molecular formula is C17H17N3O5S. The molecule has 0 aliphatic rings. The van der Waals surface area contributed by atoms with Crippen LogP contribution in [0.15, 0.2) is 52.2 Å². The van der Waals surface area contributed by atoms with Crippen LogP contribution in [0.25, 0.3) is 11.0 Å². The number of aromatic amines is 2. The highest BCUT2D eigenvalue weighted by Gasteiger charge is 2.15. The van der Waals surface area contributed by atoms with E-state index >= 15 is 0 Å². The smallest absolute Gasteiger partial charge is 0.337 e. The maximum absolute atomic E-state index is 12.4. The number of hydrogen-bond acceptors (Lipinski definition) is 5. The number of hydrogen-bond donors (Lipinski definition) is 3. The van der Waals surface area contributed by atoms with Crippen LogP contribution in [0.5, 0.6) is 0 Å². The number of imidazole rings is 1. The van der Waals surface area contributed by atoms with E-state index in [9.17, 15) is 18.0 Å². The van der Waals surface area contributed by atoms with Crippen LogP contribution in [0, 0.1) is 0 Å². The minimum Gasteiger partial charge on any atom is -0.465 e. The van der Waals surface area contributed by atoms with Gasteiger partial charge < -0.3 is 14.7 Å². The molecule has 1 heterocycles. The van der Waals surface area contributed by atoms with E-state index in [1.54, 1.807) is 24.3 Å². The number of H-pyrrole nitrogens is 2. The summed E-state index contributed by atoms with van der Waals surface area (Å²) in [5.74, 6) is -0.421. The number of benzene rings is 2. The van der Waals surface area contributed by atoms with Gasteiger partial charge in [-0.05, 0) is 42.3 Å². The topological polar surface area (TPSA) is 121 Å². The molecule has 8 nitrogen and oxygen atoms in total. The Morgan fingerprint density at radius 2 is 1.77 bits per heavy atom. The fraction of sp³-hybridized carbons (Fsp3) is 0.176. The van der Waals surface area contributed by atoms with E-state index in [0.29, 0.717) is 23.0 Å². The van der Waals surface area contributed by atoms with Crippen LogP contribution in [0.3, 0.4) is 0 Å². The molecular weight excluding hydrogens is 358 g/mol. The molecule has 0 radical (unpaired) electrons. The van der Waals surface area contributed by atoms with Crippen molar-refractivity contribution in [2.45, 2.75) is 11.3 Å². The molecule has 0 saturated carbocycles. The second-order valence-electron chi connectivity index (χ2n) is 5.62. The largest absolute Gasteiger partial charge is 0.465 e. The summed E-state index contributed by atoms with van der Waals surface area (Å²) in [5, 5.41) is 0. The molecule has 0 amide bonds. The zero-order valence-corrected chi connectivity index (χ0v) is 14.7. The van der Waals surface area contributed by atoms with Gasteiger partial charge in [-0.15, -0.1) is 0 Å². The average molecular weight is 375 g/mol. The summed E-state index contributed by atoms with van der Waals surface area (Å²) in [7, 11) is -2.39. The van der Waals surface area contributed by atoms with E-state index < -0.39 is 21.7 Å². The number of ether oxygens (including phenoxy) is 1. The highest BCUT2D eigenvalue weighted by atomic mass is 32.2. The molecule has 3 N–H and O–H groups in total. The van der Waals surface area contributed by atoms with Crippen LogP contribution in [0.2, 0.25) is 0 Å². The first-order chi connectivity index (χ1) is 12.4. The highest BCUT2D eigenvalue weighted by molar-refractivity contribution is 7.89. The third-order valence-electron chi connectivity index (χ3n) is 3.88. The molecule has 0 spiro atoms. The molecule has 0 atom stereocenters. The van der Waals surface area contributed by atoms with Gasteiger partial charge in [0.25, 0.3) is 0 Å². The first-order valence-corrected chi connectivity index (χ1v) is 9.26. The molecule has 9 heteroatoms. The minimum atomic E-state index is -3.70. The average Bonchev–Trinajstić information content (AvgIpc) is 3.00. The summed E-state index contributed by atoms with van der Waals surface area (Å²) in [6.07, 6.45) is 0.462. The summed E-state index contributed by atoms with van der Waals surface area (Å²) >= 11 is 0. The maximum Gasteiger partial charge on any atom is 0.337 e. The Hall–Kier alpha value is -2.91. The molecule has 136 valence electrons. The molecule has 1 aromatic heterocycles. The van der Waals surface area contributed by atoms with Crippen molar-refractivity contribution in [3.05, 3.63) is 64.1 Å². The lowest BCUT2D eigenvalue weighted by Crippen LogP contribution is -2.26. The van der Waals surface area contributed by atoms with Gasteiger partial charge in [-0.3, -0.25) is 0 Å². The lowest BCUT2D eigenvalue weighted by atomic mass is 10.1. The zero-order chi connectivity index (χ0) is 18.7. The van der Waals surface area contributed by atoms with Crippen molar-refractivity contribution >= 4 is 27.0 Å². The lowest BCUT2D eigenvalue weighted by Gasteiger charge is -2.07. The van der Waals surface area contributed by atoms with Crippen molar-refractivity contribution in [3.63, 3.8) is 0 Å². The van der Waals surface area contributed by atoms with Gasteiger partial charge >= 0.3 is 11.7 Å². The number of esters is 1. The fourth-order valence-electron chi connectivity index (χ4n) is 2.52. The first kappa shape index (κ1) is 17.9. The van der Waals surface area contributed by atoms with Crippen molar-refractivity contribution in [1.29, 1.82) is 0 Å². The van der Waals surface area contributed by atoms with Crippen molar-refractivity contribution in [1.82, 2.24) is 14.7 Å². The van der Waals surface area contributed by atoms with Crippen molar-refractivity contribution in [2.24, 2.45) is 0 Å². The standard InChI is InChI=1S/C17H17N3O5S/c1-25-16(21)12-4-2-11(3-5-12)8-9-18-26(23,24)13-6-7-14-15(10-13)20-17(22)19-14/h2-7,10,18H,8-9H2,1H3,(H2,19,20,22). The SMILES string of the molecule is COC(=O)c1ccc(CCNS(=O)(=O)c2ccc3[nH]c(=O)[nH]c3c2)cc1. The molecule has 3 aromatic rings. The number of methoxy groups -OCH3 is 1. The van der Waals surface area contributed by atoms with Crippen LogP contribution < -0.4 is 10.4 Å². The number of carbonyl (C=O) groups is 1. The van der Waals surface area contributed by atoms with E-state index in [2.05, 4.69) is 19.4 Å². The predicted octanol–water partition coefficient (Wildman–Crippen LogP) is 1.16. The normalized spacial score (nSPS) is 11.6. The Balaban J connectivity index is 1.65. The van der Waals surface area contributed by atoms with E-state index in [0.717, 1.165) is 5.56 Å².